The highest BCUT2D eigenvalue weighted by molar-refractivity contribution is 5.92. The Hall–Kier alpha value is -2.41. The quantitative estimate of drug-likeness (QED) is 0.777. The van der Waals surface area contributed by atoms with Gasteiger partial charge in [-0.25, -0.2) is 0 Å². The molecule has 1 aliphatic heterocycles. The summed E-state index contributed by atoms with van der Waals surface area (Å²) in [6.45, 7) is 12.5. The SMILES string of the molecule is C=CCn1ncc(CN2CCCN(C(=O)c3cc(C)on3)CC2)c1C. The maximum Gasteiger partial charge on any atom is 0.276 e. The van der Waals surface area contributed by atoms with Crippen molar-refractivity contribution in [2.24, 2.45) is 0 Å². The van der Waals surface area contributed by atoms with Gasteiger partial charge in [0.2, 0.25) is 0 Å². The lowest BCUT2D eigenvalue weighted by molar-refractivity contribution is 0.0750. The molecule has 0 aliphatic carbocycles. The van der Waals surface area contributed by atoms with Gasteiger partial charge in [0, 0.05) is 50.0 Å². The fourth-order valence-electron chi connectivity index (χ4n) is 3.15. The number of hydrogen-bond acceptors (Lipinski definition) is 5. The maximum atomic E-state index is 12.5. The van der Waals surface area contributed by atoms with Crippen molar-refractivity contribution >= 4 is 5.91 Å². The molecule has 3 rings (SSSR count). The summed E-state index contributed by atoms with van der Waals surface area (Å²) in [6.07, 6.45) is 4.73. The first-order chi connectivity index (χ1) is 12.1. The smallest absolute Gasteiger partial charge is 0.276 e. The normalized spacial score (nSPS) is 16.0. The van der Waals surface area contributed by atoms with E-state index in [1.807, 2.05) is 21.9 Å². The summed E-state index contributed by atoms with van der Waals surface area (Å²) in [5.41, 5.74) is 2.80. The summed E-state index contributed by atoms with van der Waals surface area (Å²) in [4.78, 5) is 16.8. The van der Waals surface area contributed by atoms with Crippen molar-refractivity contribution < 1.29 is 9.32 Å². The van der Waals surface area contributed by atoms with E-state index < -0.39 is 0 Å². The summed E-state index contributed by atoms with van der Waals surface area (Å²) in [7, 11) is 0. The highest BCUT2D eigenvalue weighted by atomic mass is 16.5. The summed E-state index contributed by atoms with van der Waals surface area (Å²) >= 11 is 0. The fraction of sp³-hybridized carbons (Fsp3) is 0.500. The predicted molar refractivity (Wildman–Crippen MR) is 94.2 cm³/mol. The number of amides is 1. The van der Waals surface area contributed by atoms with Crippen LogP contribution < -0.4 is 0 Å². The van der Waals surface area contributed by atoms with Crippen molar-refractivity contribution in [1.82, 2.24) is 24.7 Å². The van der Waals surface area contributed by atoms with Gasteiger partial charge in [-0.1, -0.05) is 11.2 Å². The third-order valence-electron chi connectivity index (χ3n) is 4.62. The number of hydrogen-bond donors (Lipinski definition) is 0. The minimum atomic E-state index is -0.0475. The van der Waals surface area contributed by atoms with Crippen molar-refractivity contribution in [3.05, 3.63) is 47.6 Å². The number of nitrogens with zero attached hydrogens (tertiary/aromatic N) is 5. The third kappa shape index (κ3) is 3.99. The van der Waals surface area contributed by atoms with Crippen LogP contribution in [0.25, 0.3) is 0 Å². The van der Waals surface area contributed by atoms with Crippen LogP contribution in [0.15, 0.2) is 29.4 Å². The summed E-state index contributed by atoms with van der Waals surface area (Å²) in [5.74, 6) is 0.612. The second-order valence-corrected chi connectivity index (χ2v) is 6.47. The molecule has 0 aromatic carbocycles. The second-order valence-electron chi connectivity index (χ2n) is 6.47. The third-order valence-corrected chi connectivity index (χ3v) is 4.62. The molecule has 1 saturated heterocycles. The van der Waals surface area contributed by atoms with Gasteiger partial charge in [-0.15, -0.1) is 6.58 Å². The lowest BCUT2D eigenvalue weighted by Crippen LogP contribution is -2.35. The molecular weight excluding hydrogens is 318 g/mol. The molecule has 25 heavy (non-hydrogen) atoms. The average molecular weight is 343 g/mol. The lowest BCUT2D eigenvalue weighted by Gasteiger charge is -2.21. The van der Waals surface area contributed by atoms with Crippen LogP contribution in [0.4, 0.5) is 0 Å². The molecule has 0 N–H and O–H groups in total. The molecule has 0 spiro atoms. The van der Waals surface area contributed by atoms with E-state index in [0.29, 0.717) is 18.0 Å². The van der Waals surface area contributed by atoms with Crippen LogP contribution in [-0.2, 0) is 13.1 Å². The van der Waals surface area contributed by atoms with Crippen molar-refractivity contribution in [3.8, 4) is 0 Å². The minimum absolute atomic E-state index is 0.0475. The van der Waals surface area contributed by atoms with Crippen LogP contribution in [-0.4, -0.2) is 56.8 Å². The molecule has 1 aliphatic rings. The Morgan fingerprint density at radius 2 is 2.16 bits per heavy atom. The zero-order chi connectivity index (χ0) is 17.8. The second kappa shape index (κ2) is 7.65. The molecule has 7 nitrogen and oxygen atoms in total. The number of carbonyl (C=O) groups is 1. The van der Waals surface area contributed by atoms with E-state index in [9.17, 15) is 4.79 Å². The molecule has 3 heterocycles. The van der Waals surface area contributed by atoms with Gasteiger partial charge in [0.15, 0.2) is 5.69 Å². The Balaban J connectivity index is 1.60. The van der Waals surface area contributed by atoms with Crippen molar-refractivity contribution in [2.75, 3.05) is 26.2 Å². The van der Waals surface area contributed by atoms with Gasteiger partial charge >= 0.3 is 0 Å². The van der Waals surface area contributed by atoms with E-state index in [4.69, 9.17) is 4.52 Å². The monoisotopic (exact) mass is 343 g/mol. The molecule has 1 fully saturated rings. The molecule has 0 bridgehead atoms. The topological polar surface area (TPSA) is 67.4 Å². The molecule has 0 saturated carbocycles. The fourth-order valence-corrected chi connectivity index (χ4v) is 3.15. The molecule has 2 aromatic heterocycles. The first kappa shape index (κ1) is 17.4. The first-order valence-electron chi connectivity index (χ1n) is 8.65. The summed E-state index contributed by atoms with van der Waals surface area (Å²) in [6, 6.07) is 1.70. The van der Waals surface area contributed by atoms with Crippen LogP contribution in [0, 0.1) is 13.8 Å². The van der Waals surface area contributed by atoms with Gasteiger partial charge in [-0.3, -0.25) is 14.4 Å². The van der Waals surface area contributed by atoms with Crippen LogP contribution in [0.3, 0.4) is 0 Å². The van der Waals surface area contributed by atoms with Crippen LogP contribution in [0.5, 0.6) is 0 Å². The van der Waals surface area contributed by atoms with Gasteiger partial charge in [-0.05, 0) is 20.3 Å². The number of aromatic nitrogens is 3. The van der Waals surface area contributed by atoms with Gasteiger partial charge < -0.3 is 9.42 Å². The molecule has 2 aromatic rings. The summed E-state index contributed by atoms with van der Waals surface area (Å²) in [5, 5.41) is 8.26. The largest absolute Gasteiger partial charge is 0.361 e. The summed E-state index contributed by atoms with van der Waals surface area (Å²) < 4.78 is 6.98. The first-order valence-corrected chi connectivity index (χ1v) is 8.65. The van der Waals surface area contributed by atoms with Crippen molar-refractivity contribution in [2.45, 2.75) is 33.4 Å². The van der Waals surface area contributed by atoms with Crippen LogP contribution in [0.1, 0.15) is 33.9 Å². The van der Waals surface area contributed by atoms with E-state index >= 15 is 0 Å². The van der Waals surface area contributed by atoms with E-state index in [-0.39, 0.29) is 5.91 Å². The zero-order valence-corrected chi connectivity index (χ0v) is 14.9. The molecule has 7 heteroatoms. The number of allylic oxidation sites excluding steroid dienone is 1. The molecule has 0 atom stereocenters. The van der Waals surface area contributed by atoms with E-state index in [1.165, 1.54) is 11.3 Å². The van der Waals surface area contributed by atoms with Gasteiger partial charge in [-0.2, -0.15) is 5.10 Å². The Morgan fingerprint density at radius 1 is 1.32 bits per heavy atom. The predicted octanol–water partition coefficient (Wildman–Crippen LogP) is 2.02. The van der Waals surface area contributed by atoms with E-state index in [2.05, 4.69) is 28.7 Å². The zero-order valence-electron chi connectivity index (χ0n) is 14.9. The van der Waals surface area contributed by atoms with Crippen molar-refractivity contribution in [3.63, 3.8) is 0 Å². The van der Waals surface area contributed by atoms with Gasteiger partial charge in [0.1, 0.15) is 5.76 Å². The Labute approximate surface area is 147 Å². The average Bonchev–Trinajstić information content (AvgIpc) is 3.08. The Bertz CT molecular complexity index is 748. The van der Waals surface area contributed by atoms with Crippen LogP contribution >= 0.6 is 0 Å². The van der Waals surface area contributed by atoms with Crippen molar-refractivity contribution in [1.29, 1.82) is 0 Å². The van der Waals surface area contributed by atoms with Gasteiger partial charge in [0.25, 0.3) is 5.91 Å². The minimum Gasteiger partial charge on any atom is -0.361 e. The van der Waals surface area contributed by atoms with Crippen LogP contribution in [0.2, 0.25) is 0 Å². The molecular formula is C18H25N5O2. The molecule has 0 unspecified atom stereocenters. The standard InChI is InChI=1S/C18H25N5O2/c1-4-6-23-15(3)16(12-19-23)13-21-7-5-8-22(10-9-21)18(24)17-11-14(2)25-20-17/h4,11-12H,1,5-10,13H2,2-3H3. The maximum absolute atomic E-state index is 12.5. The van der Waals surface area contributed by atoms with E-state index in [1.54, 1.807) is 13.0 Å². The molecule has 1 amide bonds. The van der Waals surface area contributed by atoms with E-state index in [0.717, 1.165) is 39.1 Å². The molecule has 0 radical (unpaired) electrons. The highest BCUT2D eigenvalue weighted by Gasteiger charge is 2.23. The lowest BCUT2D eigenvalue weighted by atomic mass is 10.2. The molecule has 134 valence electrons. The Morgan fingerprint density at radius 3 is 2.88 bits per heavy atom. The number of carbonyl (C=O) groups excluding carboxylic acids is 1. The number of rotatable bonds is 5. The number of aryl methyl sites for hydroxylation is 1. The van der Waals surface area contributed by atoms with Gasteiger partial charge in [0.05, 0.1) is 12.7 Å². The highest BCUT2D eigenvalue weighted by Crippen LogP contribution is 2.14. The Kier molecular flexibility index (Phi) is 5.33.